The van der Waals surface area contributed by atoms with Gasteiger partial charge >= 0.3 is 0 Å². The van der Waals surface area contributed by atoms with Crippen LogP contribution in [-0.2, 0) is 11.2 Å². The lowest BCUT2D eigenvalue weighted by Crippen LogP contribution is -2.59. The van der Waals surface area contributed by atoms with Crippen LogP contribution in [0.4, 0.5) is 4.39 Å². The highest BCUT2D eigenvalue weighted by Crippen LogP contribution is 2.32. The average molecular weight is 440 g/mol. The minimum atomic E-state index is -0.716. The summed E-state index contributed by atoms with van der Waals surface area (Å²) >= 11 is 0. The van der Waals surface area contributed by atoms with Crippen molar-refractivity contribution < 1.29 is 13.9 Å². The van der Waals surface area contributed by atoms with E-state index in [1.807, 2.05) is 18.0 Å². The number of carbonyl (C=O) groups excluding carboxylic acids is 1. The molecule has 2 aromatic heterocycles. The highest BCUT2D eigenvalue weighted by atomic mass is 19.1. The molecule has 0 aliphatic carbocycles. The highest BCUT2D eigenvalue weighted by Gasteiger charge is 2.31. The number of rotatable bonds is 5. The van der Waals surface area contributed by atoms with Crippen LogP contribution in [0.25, 0.3) is 11.0 Å². The molecule has 0 spiro atoms. The average Bonchev–Trinajstić information content (AvgIpc) is 3.14. The van der Waals surface area contributed by atoms with E-state index in [1.54, 1.807) is 24.4 Å². The molecule has 32 heavy (non-hydrogen) atoms. The maximum Gasteiger partial charge on any atom is 0.239 e. The summed E-state index contributed by atoms with van der Waals surface area (Å²) in [6, 6.07) is 6.26. The van der Waals surface area contributed by atoms with Gasteiger partial charge in [0.2, 0.25) is 5.91 Å². The van der Waals surface area contributed by atoms with Crippen LogP contribution in [0.5, 0.6) is 11.5 Å². The number of halogens is 1. The summed E-state index contributed by atoms with van der Waals surface area (Å²) in [6.07, 6.45) is 3.72. The number of aromatic amines is 1. The van der Waals surface area contributed by atoms with Gasteiger partial charge in [0.05, 0.1) is 11.4 Å². The second-order valence-electron chi connectivity index (χ2n) is 8.79. The Hall–Kier alpha value is -2.97. The Morgan fingerprint density at radius 1 is 1.28 bits per heavy atom. The Bertz CT molecular complexity index is 1120. The van der Waals surface area contributed by atoms with Gasteiger partial charge in [-0.1, -0.05) is 6.07 Å². The van der Waals surface area contributed by atoms with E-state index in [0.29, 0.717) is 30.0 Å². The van der Waals surface area contributed by atoms with Crippen LogP contribution in [0.3, 0.4) is 0 Å². The zero-order chi connectivity index (χ0) is 23.0. The number of nitrogens with two attached hydrogens (primary N) is 1. The lowest BCUT2D eigenvalue weighted by atomic mass is 10.0. The molecule has 3 aromatic rings. The number of nitrogens with zero attached hydrogens (tertiary/aromatic N) is 3. The zero-order valence-electron chi connectivity index (χ0n) is 18.9. The number of aromatic nitrogens is 2. The third kappa shape index (κ3) is 4.33. The quantitative estimate of drug-likeness (QED) is 0.637. The second kappa shape index (κ2) is 8.88. The lowest BCUT2D eigenvalue weighted by molar-refractivity contribution is -0.136. The van der Waals surface area contributed by atoms with E-state index in [-0.39, 0.29) is 30.2 Å². The number of carbonyl (C=O) groups is 1. The largest absolute Gasteiger partial charge is 0.453 e. The van der Waals surface area contributed by atoms with Crippen LogP contribution >= 0.6 is 0 Å². The second-order valence-corrected chi connectivity index (χ2v) is 8.79. The molecule has 1 aromatic carbocycles. The molecule has 1 aliphatic heterocycles. The molecule has 170 valence electrons. The number of hydrogen-bond acceptors (Lipinski definition) is 5. The zero-order valence-corrected chi connectivity index (χ0v) is 18.9. The SMILES string of the molecule is Cc1c[nH]c2nccc(Oc3ccc(C[C@H](N)C(=O)N4C[C@@H](C)N(C)[C@@H](C)C4)cc3F)c12. The normalized spacial score (nSPS) is 20.5. The van der Waals surface area contributed by atoms with Crippen molar-refractivity contribution in [3.8, 4) is 11.5 Å². The molecule has 3 N–H and O–H groups in total. The predicted octanol–water partition coefficient (Wildman–Crippen LogP) is 3.22. The summed E-state index contributed by atoms with van der Waals surface area (Å²) in [5.74, 6) is 0.0517. The van der Waals surface area contributed by atoms with Gasteiger partial charge in [0, 0.05) is 37.6 Å². The van der Waals surface area contributed by atoms with E-state index in [0.717, 1.165) is 10.9 Å². The van der Waals surface area contributed by atoms with Crippen LogP contribution in [0, 0.1) is 12.7 Å². The minimum Gasteiger partial charge on any atom is -0.453 e. The van der Waals surface area contributed by atoms with Crippen LogP contribution in [0.2, 0.25) is 0 Å². The van der Waals surface area contributed by atoms with Crippen molar-refractivity contribution in [3.63, 3.8) is 0 Å². The van der Waals surface area contributed by atoms with E-state index >= 15 is 0 Å². The van der Waals surface area contributed by atoms with Gasteiger partial charge in [0.1, 0.15) is 11.4 Å². The van der Waals surface area contributed by atoms with Crippen molar-refractivity contribution in [1.29, 1.82) is 0 Å². The van der Waals surface area contributed by atoms with Crippen molar-refractivity contribution in [2.24, 2.45) is 5.73 Å². The first-order valence-corrected chi connectivity index (χ1v) is 10.9. The number of nitrogens with one attached hydrogen (secondary N) is 1. The summed E-state index contributed by atoms with van der Waals surface area (Å²) < 4.78 is 20.7. The fraction of sp³-hybridized carbons (Fsp3) is 0.417. The smallest absolute Gasteiger partial charge is 0.239 e. The fourth-order valence-corrected chi connectivity index (χ4v) is 4.30. The van der Waals surface area contributed by atoms with Crippen molar-refractivity contribution in [2.75, 3.05) is 20.1 Å². The summed E-state index contributed by atoms with van der Waals surface area (Å²) in [5, 5.41) is 0.819. The van der Waals surface area contributed by atoms with E-state index in [2.05, 4.69) is 35.8 Å². The number of pyridine rings is 1. The Kier molecular flexibility index (Phi) is 6.17. The van der Waals surface area contributed by atoms with Gasteiger partial charge in [-0.3, -0.25) is 9.69 Å². The maximum absolute atomic E-state index is 14.8. The van der Waals surface area contributed by atoms with Gasteiger partial charge in [-0.25, -0.2) is 9.37 Å². The number of H-pyrrole nitrogens is 1. The van der Waals surface area contributed by atoms with Gasteiger partial charge in [-0.05, 0) is 63.6 Å². The maximum atomic E-state index is 14.8. The number of aryl methyl sites for hydroxylation is 1. The summed E-state index contributed by atoms with van der Waals surface area (Å²) in [4.78, 5) is 24.3. The molecular formula is C24H30FN5O2. The van der Waals surface area contributed by atoms with Crippen molar-refractivity contribution >= 4 is 16.9 Å². The molecule has 0 bridgehead atoms. The van der Waals surface area contributed by atoms with Crippen LogP contribution in [0.1, 0.15) is 25.0 Å². The lowest BCUT2D eigenvalue weighted by Gasteiger charge is -2.43. The Balaban J connectivity index is 1.45. The van der Waals surface area contributed by atoms with Gasteiger partial charge < -0.3 is 20.4 Å². The third-order valence-corrected chi connectivity index (χ3v) is 6.39. The first-order chi connectivity index (χ1) is 15.2. The Morgan fingerprint density at radius 2 is 2.00 bits per heavy atom. The molecule has 4 rings (SSSR count). The standard InChI is InChI=1S/C24H30FN5O2/c1-14-11-28-23-22(14)21(7-8-27-23)32-20-6-5-17(9-18(20)25)10-19(26)24(31)30-12-15(2)29(4)16(3)13-30/h5-9,11,15-16,19H,10,12-13,26H2,1-4H3,(H,27,28)/t15-,16+,19-/m0/s1. The number of ether oxygens (including phenoxy) is 1. The summed E-state index contributed by atoms with van der Waals surface area (Å²) in [5.41, 5.74) is 8.53. The number of amides is 1. The van der Waals surface area contributed by atoms with Crippen LogP contribution in [0.15, 0.2) is 36.7 Å². The molecule has 3 heterocycles. The van der Waals surface area contributed by atoms with Gasteiger partial charge in [-0.15, -0.1) is 0 Å². The fourth-order valence-electron chi connectivity index (χ4n) is 4.30. The van der Waals surface area contributed by atoms with E-state index < -0.39 is 11.9 Å². The highest BCUT2D eigenvalue weighted by molar-refractivity contribution is 5.86. The molecule has 7 nitrogen and oxygen atoms in total. The number of hydrogen-bond donors (Lipinski definition) is 2. The summed E-state index contributed by atoms with van der Waals surface area (Å²) in [7, 11) is 2.07. The Labute approximate surface area is 187 Å². The van der Waals surface area contributed by atoms with E-state index in [1.165, 1.54) is 6.07 Å². The number of fused-ring (bicyclic) bond motifs is 1. The van der Waals surface area contributed by atoms with Gasteiger partial charge in [0.25, 0.3) is 0 Å². The number of benzene rings is 1. The molecule has 1 aliphatic rings. The Morgan fingerprint density at radius 3 is 2.69 bits per heavy atom. The van der Waals surface area contributed by atoms with Crippen molar-refractivity contribution in [1.82, 2.24) is 19.8 Å². The topological polar surface area (TPSA) is 87.5 Å². The molecular weight excluding hydrogens is 409 g/mol. The van der Waals surface area contributed by atoms with Crippen molar-refractivity contribution in [3.05, 3.63) is 53.6 Å². The number of piperazine rings is 1. The molecule has 1 saturated heterocycles. The van der Waals surface area contributed by atoms with Crippen molar-refractivity contribution in [2.45, 2.75) is 45.3 Å². The van der Waals surface area contributed by atoms with Crippen LogP contribution in [-0.4, -0.2) is 63.9 Å². The minimum absolute atomic E-state index is 0.0976. The first kappa shape index (κ1) is 22.2. The molecule has 3 atom stereocenters. The monoisotopic (exact) mass is 439 g/mol. The van der Waals surface area contributed by atoms with Crippen LogP contribution < -0.4 is 10.5 Å². The van der Waals surface area contributed by atoms with E-state index in [4.69, 9.17) is 10.5 Å². The molecule has 0 saturated carbocycles. The van der Waals surface area contributed by atoms with Gasteiger partial charge in [0.15, 0.2) is 11.6 Å². The molecule has 1 amide bonds. The summed E-state index contributed by atoms with van der Waals surface area (Å²) in [6.45, 7) is 7.43. The molecule has 0 radical (unpaired) electrons. The molecule has 0 unspecified atom stereocenters. The molecule has 1 fully saturated rings. The van der Waals surface area contributed by atoms with Gasteiger partial charge in [-0.2, -0.15) is 0 Å². The predicted molar refractivity (Wildman–Crippen MR) is 122 cm³/mol. The third-order valence-electron chi connectivity index (χ3n) is 6.39. The van der Waals surface area contributed by atoms with E-state index in [9.17, 15) is 9.18 Å². The molecule has 8 heteroatoms. The first-order valence-electron chi connectivity index (χ1n) is 10.9. The number of likely N-dealkylation sites (N-methyl/N-ethyl adjacent to an activating group) is 1.